The van der Waals surface area contributed by atoms with Crippen LogP contribution in [0, 0.1) is 0 Å². The molecule has 2 N–H and O–H groups in total. The molecule has 0 spiro atoms. The summed E-state index contributed by atoms with van der Waals surface area (Å²) in [7, 11) is 0. The molecule has 1 heterocycles. The Bertz CT molecular complexity index is 704. The van der Waals surface area contributed by atoms with Gasteiger partial charge < -0.3 is 5.32 Å². The van der Waals surface area contributed by atoms with Crippen LogP contribution in [0.4, 0.5) is 0 Å². The summed E-state index contributed by atoms with van der Waals surface area (Å²) < 4.78 is 0. The van der Waals surface area contributed by atoms with Crippen LogP contribution in [-0.4, -0.2) is 16.1 Å². The van der Waals surface area contributed by atoms with Crippen LogP contribution in [0.15, 0.2) is 67.0 Å². The minimum absolute atomic E-state index is 0.129. The third-order valence-electron chi connectivity index (χ3n) is 3.27. The molecule has 0 atom stereocenters. The van der Waals surface area contributed by atoms with E-state index in [0.717, 1.165) is 5.56 Å². The van der Waals surface area contributed by atoms with Gasteiger partial charge in [-0.1, -0.05) is 54.6 Å². The lowest BCUT2D eigenvalue weighted by atomic mass is 10.0. The minimum Gasteiger partial charge on any atom is -0.348 e. The highest BCUT2D eigenvalue weighted by Gasteiger charge is 2.05. The Kier molecular flexibility index (Phi) is 3.78. The van der Waals surface area contributed by atoms with Crippen molar-refractivity contribution < 1.29 is 4.79 Å². The third-order valence-corrected chi connectivity index (χ3v) is 3.27. The van der Waals surface area contributed by atoms with Crippen LogP contribution in [0.25, 0.3) is 11.1 Å². The quantitative estimate of drug-likeness (QED) is 0.770. The van der Waals surface area contributed by atoms with Crippen LogP contribution < -0.4 is 5.32 Å². The monoisotopic (exact) mass is 277 g/mol. The highest BCUT2D eigenvalue weighted by Crippen LogP contribution is 2.19. The van der Waals surface area contributed by atoms with Crippen molar-refractivity contribution in [2.45, 2.75) is 6.54 Å². The number of hydrogen-bond donors (Lipinski definition) is 2. The number of carbonyl (C=O) groups is 1. The van der Waals surface area contributed by atoms with Gasteiger partial charge in [0.1, 0.15) is 0 Å². The third kappa shape index (κ3) is 3.17. The maximum Gasteiger partial charge on any atom is 0.254 e. The number of nitrogens with zero attached hydrogens (tertiary/aromatic N) is 1. The molecule has 0 saturated carbocycles. The lowest BCUT2D eigenvalue weighted by Gasteiger charge is -2.06. The average molecular weight is 277 g/mol. The Labute approximate surface area is 122 Å². The van der Waals surface area contributed by atoms with Gasteiger partial charge in [0, 0.05) is 12.7 Å². The summed E-state index contributed by atoms with van der Waals surface area (Å²) in [5, 5.41) is 9.24. The van der Waals surface area contributed by atoms with Crippen LogP contribution in [0.3, 0.4) is 0 Å². The fraction of sp³-hybridized carbons (Fsp3) is 0.0588. The Morgan fingerprint density at radius 2 is 1.71 bits per heavy atom. The van der Waals surface area contributed by atoms with Crippen LogP contribution in [0.5, 0.6) is 0 Å². The molecule has 0 saturated heterocycles. The van der Waals surface area contributed by atoms with Crippen LogP contribution >= 0.6 is 0 Å². The SMILES string of the molecule is O=C(NCc1ccc(-c2ccccc2)cc1)c1cn[nH]c1. The van der Waals surface area contributed by atoms with Gasteiger partial charge in [-0.3, -0.25) is 9.89 Å². The highest BCUT2D eigenvalue weighted by molar-refractivity contribution is 5.93. The van der Waals surface area contributed by atoms with Gasteiger partial charge >= 0.3 is 0 Å². The van der Waals surface area contributed by atoms with Crippen molar-refractivity contribution in [1.29, 1.82) is 0 Å². The molecule has 0 aliphatic rings. The van der Waals surface area contributed by atoms with E-state index in [0.29, 0.717) is 12.1 Å². The minimum atomic E-state index is -0.129. The van der Waals surface area contributed by atoms with E-state index < -0.39 is 0 Å². The zero-order valence-electron chi connectivity index (χ0n) is 11.4. The fourth-order valence-corrected chi connectivity index (χ4v) is 2.11. The maximum absolute atomic E-state index is 11.8. The van der Waals surface area contributed by atoms with Crippen molar-refractivity contribution in [3.63, 3.8) is 0 Å². The average Bonchev–Trinajstić information content (AvgIpc) is 3.08. The first-order valence-electron chi connectivity index (χ1n) is 6.74. The number of amides is 1. The van der Waals surface area contributed by atoms with Crippen molar-refractivity contribution in [1.82, 2.24) is 15.5 Å². The number of benzene rings is 2. The van der Waals surface area contributed by atoms with Gasteiger partial charge in [0.05, 0.1) is 11.8 Å². The molecule has 4 nitrogen and oxygen atoms in total. The van der Waals surface area contributed by atoms with E-state index in [4.69, 9.17) is 0 Å². The summed E-state index contributed by atoms with van der Waals surface area (Å²) in [5.41, 5.74) is 3.95. The van der Waals surface area contributed by atoms with Gasteiger partial charge in [0.25, 0.3) is 5.91 Å². The standard InChI is InChI=1S/C17H15N3O/c21-17(16-11-19-20-12-16)18-10-13-6-8-15(9-7-13)14-4-2-1-3-5-14/h1-9,11-12H,10H2,(H,18,21)(H,19,20). The largest absolute Gasteiger partial charge is 0.348 e. The summed E-state index contributed by atoms with van der Waals surface area (Å²) in [6, 6.07) is 18.4. The first-order valence-corrected chi connectivity index (χ1v) is 6.74. The molecule has 0 bridgehead atoms. The Morgan fingerprint density at radius 1 is 1.00 bits per heavy atom. The number of rotatable bonds is 4. The molecule has 21 heavy (non-hydrogen) atoms. The van der Waals surface area contributed by atoms with Gasteiger partial charge in [0.15, 0.2) is 0 Å². The first-order chi connectivity index (χ1) is 10.3. The second-order valence-electron chi connectivity index (χ2n) is 4.73. The first kappa shape index (κ1) is 13.1. The van der Waals surface area contributed by atoms with Crippen LogP contribution in [0.1, 0.15) is 15.9 Å². The molecule has 0 fully saturated rings. The van der Waals surface area contributed by atoms with E-state index in [1.54, 1.807) is 6.20 Å². The van der Waals surface area contributed by atoms with E-state index in [9.17, 15) is 4.79 Å². The van der Waals surface area contributed by atoms with Crippen molar-refractivity contribution in [3.05, 3.63) is 78.1 Å². The molecule has 4 heteroatoms. The second kappa shape index (κ2) is 6.05. The molecule has 0 aliphatic heterocycles. The lowest BCUT2D eigenvalue weighted by Crippen LogP contribution is -2.22. The zero-order valence-corrected chi connectivity index (χ0v) is 11.4. The molecular formula is C17H15N3O. The normalized spacial score (nSPS) is 10.3. The summed E-state index contributed by atoms with van der Waals surface area (Å²) in [4.78, 5) is 11.8. The van der Waals surface area contributed by atoms with Crippen LogP contribution in [0.2, 0.25) is 0 Å². The molecule has 0 aliphatic carbocycles. The Morgan fingerprint density at radius 3 is 2.38 bits per heavy atom. The van der Waals surface area contributed by atoms with Gasteiger partial charge in [-0.25, -0.2) is 0 Å². The van der Waals surface area contributed by atoms with Gasteiger partial charge in [-0.15, -0.1) is 0 Å². The Balaban J connectivity index is 1.64. The maximum atomic E-state index is 11.8. The molecule has 3 rings (SSSR count). The van der Waals surface area contributed by atoms with Gasteiger partial charge in [-0.2, -0.15) is 5.10 Å². The van der Waals surface area contributed by atoms with Crippen molar-refractivity contribution in [2.24, 2.45) is 0 Å². The number of H-pyrrole nitrogens is 1. The van der Waals surface area contributed by atoms with Crippen LogP contribution in [-0.2, 0) is 6.54 Å². The molecule has 104 valence electrons. The van der Waals surface area contributed by atoms with Crippen molar-refractivity contribution in [3.8, 4) is 11.1 Å². The summed E-state index contributed by atoms with van der Waals surface area (Å²) >= 11 is 0. The fourth-order valence-electron chi connectivity index (χ4n) is 2.11. The predicted molar refractivity (Wildman–Crippen MR) is 81.6 cm³/mol. The van der Waals surface area contributed by atoms with Gasteiger partial charge in [-0.05, 0) is 16.7 Å². The molecule has 0 radical (unpaired) electrons. The molecule has 0 unspecified atom stereocenters. The van der Waals surface area contributed by atoms with E-state index in [1.165, 1.54) is 17.3 Å². The van der Waals surface area contributed by atoms with E-state index in [-0.39, 0.29) is 5.91 Å². The van der Waals surface area contributed by atoms with Crippen molar-refractivity contribution >= 4 is 5.91 Å². The number of aromatic amines is 1. The molecular weight excluding hydrogens is 262 g/mol. The lowest BCUT2D eigenvalue weighted by molar-refractivity contribution is 0.0951. The van der Waals surface area contributed by atoms with Gasteiger partial charge in [0.2, 0.25) is 0 Å². The summed E-state index contributed by atoms with van der Waals surface area (Å²) in [5.74, 6) is -0.129. The number of aromatic nitrogens is 2. The molecule has 2 aromatic carbocycles. The van der Waals surface area contributed by atoms with E-state index in [1.807, 2.05) is 30.3 Å². The molecule has 3 aromatic rings. The molecule has 1 aromatic heterocycles. The highest BCUT2D eigenvalue weighted by atomic mass is 16.1. The zero-order chi connectivity index (χ0) is 14.5. The van der Waals surface area contributed by atoms with Crippen molar-refractivity contribution in [2.75, 3.05) is 0 Å². The van der Waals surface area contributed by atoms with E-state index >= 15 is 0 Å². The predicted octanol–water partition coefficient (Wildman–Crippen LogP) is 3.01. The van der Waals surface area contributed by atoms with E-state index in [2.05, 4.69) is 39.8 Å². The molecule has 1 amide bonds. The smallest absolute Gasteiger partial charge is 0.254 e. The number of carbonyl (C=O) groups excluding carboxylic acids is 1. The topological polar surface area (TPSA) is 57.8 Å². The number of nitrogens with one attached hydrogen (secondary N) is 2. The number of hydrogen-bond acceptors (Lipinski definition) is 2. The Hall–Kier alpha value is -2.88. The summed E-state index contributed by atoms with van der Waals surface area (Å²) in [6.45, 7) is 0.499. The second-order valence-corrected chi connectivity index (χ2v) is 4.73. The summed E-state index contributed by atoms with van der Waals surface area (Å²) in [6.07, 6.45) is 3.08.